The van der Waals surface area contributed by atoms with Gasteiger partial charge in [-0.05, 0) is 55.5 Å². The van der Waals surface area contributed by atoms with Gasteiger partial charge >= 0.3 is 5.97 Å². The average molecular weight is 417 g/mol. The molecule has 0 aliphatic heterocycles. The molecule has 0 aliphatic rings. The molecule has 1 N–H and O–H groups in total. The lowest BCUT2D eigenvalue weighted by atomic mass is 10.2. The van der Waals surface area contributed by atoms with Crippen LogP contribution in [0.1, 0.15) is 17.4 Å². The molecule has 1 amide bonds. The number of aromatic nitrogens is 1. The Kier molecular flexibility index (Phi) is 6.28. The Labute approximate surface area is 171 Å². The minimum atomic E-state index is -0.977. The molecule has 2 aromatic carbocycles. The predicted octanol–water partition coefficient (Wildman–Crippen LogP) is 4.66. The molecule has 0 spiro atoms. The zero-order chi connectivity index (χ0) is 20.1. The summed E-state index contributed by atoms with van der Waals surface area (Å²) in [6.07, 6.45) is -0.977. The first-order chi connectivity index (χ1) is 13.5. The number of nitrogens with one attached hydrogen (secondary N) is 1. The smallest absolute Gasteiger partial charge is 0.358 e. The number of rotatable bonds is 6. The molecule has 144 valence electrons. The minimum absolute atomic E-state index is 0.155. The topological polar surface area (TPSA) is 77.5 Å². The van der Waals surface area contributed by atoms with Gasteiger partial charge in [0.15, 0.2) is 11.8 Å². The van der Waals surface area contributed by atoms with E-state index in [1.807, 2.05) is 24.3 Å². The maximum Gasteiger partial charge on any atom is 0.358 e. The highest BCUT2D eigenvalue weighted by molar-refractivity contribution is 7.13. The van der Waals surface area contributed by atoms with E-state index in [-0.39, 0.29) is 5.69 Å². The van der Waals surface area contributed by atoms with Crippen LogP contribution in [0.3, 0.4) is 0 Å². The second kappa shape index (κ2) is 8.86. The summed E-state index contributed by atoms with van der Waals surface area (Å²) < 4.78 is 10.4. The zero-order valence-corrected chi connectivity index (χ0v) is 16.7. The number of nitrogens with zero attached hydrogens (tertiary/aromatic N) is 1. The Bertz CT molecular complexity index is 971. The van der Waals surface area contributed by atoms with Crippen molar-refractivity contribution in [3.8, 4) is 16.3 Å². The number of carbonyl (C=O) groups is 2. The molecule has 0 bridgehead atoms. The fourth-order valence-corrected chi connectivity index (χ4v) is 3.21. The normalized spacial score (nSPS) is 11.5. The van der Waals surface area contributed by atoms with E-state index in [2.05, 4.69) is 10.3 Å². The van der Waals surface area contributed by atoms with Gasteiger partial charge in [0, 0.05) is 21.7 Å². The first kappa shape index (κ1) is 19.9. The lowest BCUT2D eigenvalue weighted by molar-refractivity contribution is -0.123. The van der Waals surface area contributed by atoms with Crippen molar-refractivity contribution in [1.29, 1.82) is 0 Å². The van der Waals surface area contributed by atoms with Gasteiger partial charge in [0.05, 0.1) is 7.11 Å². The number of halogens is 1. The molecule has 0 unspecified atom stereocenters. The molecule has 28 heavy (non-hydrogen) atoms. The number of ether oxygens (including phenoxy) is 2. The van der Waals surface area contributed by atoms with E-state index >= 15 is 0 Å². The van der Waals surface area contributed by atoms with Crippen LogP contribution in [-0.2, 0) is 9.53 Å². The third-order valence-electron chi connectivity index (χ3n) is 3.82. The lowest BCUT2D eigenvalue weighted by Gasteiger charge is -2.12. The van der Waals surface area contributed by atoms with Crippen LogP contribution in [0.25, 0.3) is 10.6 Å². The molecule has 6 nitrogen and oxygen atoms in total. The van der Waals surface area contributed by atoms with Gasteiger partial charge in [-0.1, -0.05) is 11.6 Å². The van der Waals surface area contributed by atoms with E-state index in [1.54, 1.807) is 36.8 Å². The first-order valence-electron chi connectivity index (χ1n) is 8.33. The number of thiazole rings is 1. The van der Waals surface area contributed by atoms with Crippen LogP contribution in [0.2, 0.25) is 5.02 Å². The molecule has 0 saturated carbocycles. The fraction of sp³-hybridized carbons (Fsp3) is 0.150. The maximum atomic E-state index is 12.3. The van der Waals surface area contributed by atoms with Crippen molar-refractivity contribution in [2.45, 2.75) is 13.0 Å². The highest BCUT2D eigenvalue weighted by Gasteiger charge is 2.21. The van der Waals surface area contributed by atoms with Crippen molar-refractivity contribution >= 4 is 40.5 Å². The Morgan fingerprint density at radius 2 is 1.79 bits per heavy atom. The molecule has 8 heteroatoms. The van der Waals surface area contributed by atoms with Crippen molar-refractivity contribution in [1.82, 2.24) is 4.98 Å². The van der Waals surface area contributed by atoms with Gasteiger partial charge in [0.25, 0.3) is 5.91 Å². The van der Waals surface area contributed by atoms with Gasteiger partial charge in [0.2, 0.25) is 0 Å². The van der Waals surface area contributed by atoms with Gasteiger partial charge < -0.3 is 14.8 Å². The van der Waals surface area contributed by atoms with E-state index in [0.717, 1.165) is 11.3 Å². The Morgan fingerprint density at radius 3 is 2.43 bits per heavy atom. The second-order valence-electron chi connectivity index (χ2n) is 5.81. The molecule has 0 aliphatic carbocycles. The van der Waals surface area contributed by atoms with Crippen molar-refractivity contribution in [2.75, 3.05) is 12.4 Å². The third kappa shape index (κ3) is 4.88. The lowest BCUT2D eigenvalue weighted by Crippen LogP contribution is -2.30. The number of carbonyl (C=O) groups excluding carboxylic acids is 2. The summed E-state index contributed by atoms with van der Waals surface area (Å²) in [6, 6.07) is 14.0. The van der Waals surface area contributed by atoms with Gasteiger partial charge in [0.1, 0.15) is 10.8 Å². The van der Waals surface area contributed by atoms with Crippen molar-refractivity contribution < 1.29 is 19.1 Å². The van der Waals surface area contributed by atoms with Crippen LogP contribution in [0.4, 0.5) is 5.69 Å². The summed E-state index contributed by atoms with van der Waals surface area (Å²) in [5.41, 5.74) is 1.58. The van der Waals surface area contributed by atoms with Gasteiger partial charge in [-0.15, -0.1) is 11.3 Å². The summed E-state index contributed by atoms with van der Waals surface area (Å²) in [7, 11) is 1.59. The highest BCUT2D eigenvalue weighted by Crippen LogP contribution is 2.26. The SMILES string of the molecule is COc1ccc(-c2nc(C(=O)O[C@H](C)C(=O)Nc3ccc(Cl)cc3)cs2)cc1. The first-order valence-corrected chi connectivity index (χ1v) is 9.59. The Morgan fingerprint density at radius 1 is 1.11 bits per heavy atom. The Hall–Kier alpha value is -2.90. The molecule has 3 rings (SSSR count). The van der Waals surface area contributed by atoms with Crippen LogP contribution in [0.5, 0.6) is 5.75 Å². The fourth-order valence-electron chi connectivity index (χ4n) is 2.29. The standard InChI is InChI=1S/C20H17ClN2O4S/c1-12(18(24)22-15-7-5-14(21)6-8-15)27-20(25)17-11-28-19(23-17)13-3-9-16(26-2)10-4-13/h3-12H,1-2H3,(H,22,24)/t12-/m1/s1. The minimum Gasteiger partial charge on any atom is -0.497 e. The van der Waals surface area contributed by atoms with E-state index < -0.39 is 18.0 Å². The molecule has 3 aromatic rings. The second-order valence-corrected chi connectivity index (χ2v) is 7.10. The third-order valence-corrected chi connectivity index (χ3v) is 4.96. The molecule has 1 aromatic heterocycles. The van der Waals surface area contributed by atoms with Crippen molar-refractivity contribution in [3.63, 3.8) is 0 Å². The zero-order valence-electron chi connectivity index (χ0n) is 15.1. The summed E-state index contributed by atoms with van der Waals surface area (Å²) in [5, 5.41) is 5.50. The Balaban J connectivity index is 1.61. The summed E-state index contributed by atoms with van der Waals surface area (Å²) in [6.45, 7) is 1.50. The molecule has 1 heterocycles. The van der Waals surface area contributed by atoms with Crippen LogP contribution < -0.4 is 10.1 Å². The summed E-state index contributed by atoms with van der Waals surface area (Å²) in [4.78, 5) is 28.8. The van der Waals surface area contributed by atoms with Crippen LogP contribution in [0, 0.1) is 0 Å². The molecule has 0 radical (unpaired) electrons. The van der Waals surface area contributed by atoms with Gasteiger partial charge in [-0.25, -0.2) is 9.78 Å². The van der Waals surface area contributed by atoms with E-state index in [4.69, 9.17) is 21.1 Å². The largest absolute Gasteiger partial charge is 0.497 e. The van der Waals surface area contributed by atoms with Crippen molar-refractivity contribution in [2.24, 2.45) is 0 Å². The predicted molar refractivity (Wildman–Crippen MR) is 109 cm³/mol. The average Bonchev–Trinajstić information content (AvgIpc) is 3.20. The molecular formula is C20H17ClN2O4S. The quantitative estimate of drug-likeness (QED) is 0.591. The van der Waals surface area contributed by atoms with E-state index in [9.17, 15) is 9.59 Å². The monoisotopic (exact) mass is 416 g/mol. The number of amides is 1. The number of methoxy groups -OCH3 is 1. The molecule has 0 fully saturated rings. The molecular weight excluding hydrogens is 400 g/mol. The van der Waals surface area contributed by atoms with Crippen LogP contribution in [0.15, 0.2) is 53.9 Å². The molecule has 0 saturated heterocycles. The van der Waals surface area contributed by atoms with Gasteiger partial charge in [-0.2, -0.15) is 0 Å². The number of hydrogen-bond donors (Lipinski definition) is 1. The summed E-state index contributed by atoms with van der Waals surface area (Å²) in [5.74, 6) is -0.364. The maximum absolute atomic E-state index is 12.3. The van der Waals surface area contributed by atoms with Crippen molar-refractivity contribution in [3.05, 3.63) is 64.6 Å². The van der Waals surface area contributed by atoms with E-state index in [0.29, 0.717) is 15.7 Å². The van der Waals surface area contributed by atoms with E-state index in [1.165, 1.54) is 18.3 Å². The number of hydrogen-bond acceptors (Lipinski definition) is 6. The highest BCUT2D eigenvalue weighted by atomic mass is 35.5. The number of benzene rings is 2. The number of anilines is 1. The molecule has 1 atom stereocenters. The number of esters is 1. The van der Waals surface area contributed by atoms with Gasteiger partial charge in [-0.3, -0.25) is 4.79 Å². The van der Waals surface area contributed by atoms with Crippen LogP contribution in [-0.4, -0.2) is 30.1 Å². The van der Waals surface area contributed by atoms with Crippen LogP contribution >= 0.6 is 22.9 Å². The summed E-state index contributed by atoms with van der Waals surface area (Å²) >= 11 is 7.13.